The van der Waals surface area contributed by atoms with Crippen molar-refractivity contribution in [2.24, 2.45) is 0 Å². The van der Waals surface area contributed by atoms with Crippen LogP contribution in [0.2, 0.25) is 0 Å². The summed E-state index contributed by atoms with van der Waals surface area (Å²) < 4.78 is 5.22. The number of hydrogen-bond donors (Lipinski definition) is 0. The summed E-state index contributed by atoms with van der Waals surface area (Å²) >= 11 is 0. The molecule has 1 aromatic carbocycles. The molecule has 0 aromatic heterocycles. The second-order valence-corrected chi connectivity index (χ2v) is 4.44. The minimum absolute atomic E-state index is 0.270. The number of nitrogens with zero attached hydrogens (tertiary/aromatic N) is 1. The molecule has 1 unspecified atom stereocenters. The summed E-state index contributed by atoms with van der Waals surface area (Å²) in [4.78, 5) is 13.8. The molecule has 0 saturated carbocycles. The van der Waals surface area contributed by atoms with Gasteiger partial charge in [-0.25, -0.2) is 0 Å². The first-order valence-electron chi connectivity index (χ1n) is 6.16. The maximum atomic E-state index is 11.9. The number of likely N-dealkylation sites (tertiary alicyclic amines) is 1. The molecule has 3 heteroatoms. The van der Waals surface area contributed by atoms with E-state index in [0.29, 0.717) is 12.3 Å². The van der Waals surface area contributed by atoms with E-state index in [0.717, 1.165) is 25.3 Å². The van der Waals surface area contributed by atoms with Gasteiger partial charge in [-0.2, -0.15) is 0 Å². The maximum absolute atomic E-state index is 11.9. The number of rotatable bonds is 3. The SMILES string of the molecule is CCN1CCC(c2cccc(OC)c2)CC1=O. The van der Waals surface area contributed by atoms with E-state index in [-0.39, 0.29) is 5.91 Å². The van der Waals surface area contributed by atoms with Crippen LogP contribution in [-0.4, -0.2) is 31.0 Å². The van der Waals surface area contributed by atoms with Gasteiger partial charge < -0.3 is 9.64 Å². The van der Waals surface area contributed by atoms with Gasteiger partial charge in [0, 0.05) is 19.5 Å². The Labute approximate surface area is 102 Å². The molecule has 0 spiro atoms. The Hall–Kier alpha value is -1.51. The Morgan fingerprint density at radius 2 is 2.29 bits per heavy atom. The highest BCUT2D eigenvalue weighted by molar-refractivity contribution is 5.78. The van der Waals surface area contributed by atoms with Gasteiger partial charge in [-0.3, -0.25) is 4.79 Å². The standard InChI is InChI=1S/C14H19NO2/c1-3-15-8-7-12(10-14(15)16)11-5-4-6-13(9-11)17-2/h4-6,9,12H,3,7-8,10H2,1-2H3. The number of hydrogen-bond acceptors (Lipinski definition) is 2. The number of piperidine rings is 1. The first-order valence-corrected chi connectivity index (χ1v) is 6.16. The van der Waals surface area contributed by atoms with Gasteiger partial charge >= 0.3 is 0 Å². The normalized spacial score (nSPS) is 20.5. The lowest BCUT2D eigenvalue weighted by Gasteiger charge is -2.31. The lowest BCUT2D eigenvalue weighted by molar-refractivity contribution is -0.133. The number of carbonyl (C=O) groups is 1. The maximum Gasteiger partial charge on any atom is 0.223 e. The number of methoxy groups -OCH3 is 1. The highest BCUT2D eigenvalue weighted by Crippen LogP contribution is 2.30. The van der Waals surface area contributed by atoms with Crippen LogP contribution in [0.3, 0.4) is 0 Å². The number of benzene rings is 1. The molecule has 0 aliphatic carbocycles. The minimum Gasteiger partial charge on any atom is -0.497 e. The number of carbonyl (C=O) groups excluding carboxylic acids is 1. The largest absolute Gasteiger partial charge is 0.497 e. The van der Waals surface area contributed by atoms with Crippen molar-refractivity contribution in [1.82, 2.24) is 4.90 Å². The van der Waals surface area contributed by atoms with Crippen LogP contribution < -0.4 is 4.74 Å². The third-order valence-electron chi connectivity index (χ3n) is 3.47. The zero-order valence-corrected chi connectivity index (χ0v) is 10.5. The van der Waals surface area contributed by atoms with Crippen LogP contribution >= 0.6 is 0 Å². The first-order chi connectivity index (χ1) is 8.24. The summed E-state index contributed by atoms with van der Waals surface area (Å²) in [5.74, 6) is 1.49. The van der Waals surface area contributed by atoms with E-state index in [9.17, 15) is 4.79 Å². The Balaban J connectivity index is 2.10. The summed E-state index contributed by atoms with van der Waals surface area (Å²) in [5, 5.41) is 0. The van der Waals surface area contributed by atoms with E-state index >= 15 is 0 Å². The van der Waals surface area contributed by atoms with Gasteiger partial charge in [0.25, 0.3) is 0 Å². The Morgan fingerprint density at radius 3 is 2.94 bits per heavy atom. The Kier molecular flexibility index (Phi) is 3.67. The van der Waals surface area contributed by atoms with Crippen molar-refractivity contribution in [2.75, 3.05) is 20.2 Å². The average molecular weight is 233 g/mol. The Morgan fingerprint density at radius 1 is 1.47 bits per heavy atom. The van der Waals surface area contributed by atoms with E-state index in [1.807, 2.05) is 30.0 Å². The van der Waals surface area contributed by atoms with Gasteiger partial charge in [-0.15, -0.1) is 0 Å². The van der Waals surface area contributed by atoms with E-state index in [4.69, 9.17) is 4.74 Å². The predicted octanol–water partition coefficient (Wildman–Crippen LogP) is 2.42. The first kappa shape index (κ1) is 12.0. The average Bonchev–Trinajstić information content (AvgIpc) is 2.38. The molecular weight excluding hydrogens is 214 g/mol. The van der Waals surface area contributed by atoms with Crippen molar-refractivity contribution in [2.45, 2.75) is 25.7 Å². The van der Waals surface area contributed by atoms with Crippen molar-refractivity contribution in [3.05, 3.63) is 29.8 Å². The molecule has 1 atom stereocenters. The van der Waals surface area contributed by atoms with Crippen LogP contribution in [0.15, 0.2) is 24.3 Å². The number of ether oxygens (including phenoxy) is 1. The van der Waals surface area contributed by atoms with E-state index in [2.05, 4.69) is 6.07 Å². The zero-order chi connectivity index (χ0) is 12.3. The third-order valence-corrected chi connectivity index (χ3v) is 3.47. The summed E-state index contributed by atoms with van der Waals surface area (Å²) in [7, 11) is 1.67. The van der Waals surface area contributed by atoms with Crippen molar-refractivity contribution >= 4 is 5.91 Å². The third kappa shape index (κ3) is 2.60. The Bertz CT molecular complexity index is 403. The smallest absolute Gasteiger partial charge is 0.223 e. The molecule has 1 heterocycles. The van der Waals surface area contributed by atoms with Crippen LogP contribution in [0.5, 0.6) is 5.75 Å². The molecule has 0 radical (unpaired) electrons. The molecule has 2 rings (SSSR count). The zero-order valence-electron chi connectivity index (χ0n) is 10.5. The van der Waals surface area contributed by atoms with Crippen LogP contribution in [-0.2, 0) is 4.79 Å². The second-order valence-electron chi connectivity index (χ2n) is 4.44. The summed E-state index contributed by atoms with van der Waals surface area (Å²) in [6, 6.07) is 8.05. The minimum atomic E-state index is 0.270. The highest BCUT2D eigenvalue weighted by Gasteiger charge is 2.25. The molecule has 1 amide bonds. The monoisotopic (exact) mass is 233 g/mol. The van der Waals surface area contributed by atoms with Gasteiger partial charge in [0.1, 0.15) is 5.75 Å². The van der Waals surface area contributed by atoms with Crippen LogP contribution in [0, 0.1) is 0 Å². The predicted molar refractivity (Wildman–Crippen MR) is 67.2 cm³/mol. The molecule has 1 aliphatic heterocycles. The van der Waals surface area contributed by atoms with Gasteiger partial charge in [0.05, 0.1) is 7.11 Å². The highest BCUT2D eigenvalue weighted by atomic mass is 16.5. The lowest BCUT2D eigenvalue weighted by atomic mass is 9.89. The quantitative estimate of drug-likeness (QED) is 0.802. The molecule has 1 aliphatic rings. The molecule has 1 saturated heterocycles. The van der Waals surface area contributed by atoms with Crippen LogP contribution in [0.1, 0.15) is 31.2 Å². The topological polar surface area (TPSA) is 29.5 Å². The molecule has 17 heavy (non-hydrogen) atoms. The molecule has 0 N–H and O–H groups in total. The molecule has 0 bridgehead atoms. The molecule has 1 aromatic rings. The van der Waals surface area contributed by atoms with Crippen molar-refractivity contribution in [3.63, 3.8) is 0 Å². The fourth-order valence-electron chi connectivity index (χ4n) is 2.39. The lowest BCUT2D eigenvalue weighted by Crippen LogP contribution is -2.37. The van der Waals surface area contributed by atoms with Crippen molar-refractivity contribution < 1.29 is 9.53 Å². The van der Waals surface area contributed by atoms with Crippen molar-refractivity contribution in [1.29, 1.82) is 0 Å². The van der Waals surface area contributed by atoms with E-state index in [1.165, 1.54) is 5.56 Å². The molecule has 92 valence electrons. The van der Waals surface area contributed by atoms with Gasteiger partial charge in [0.2, 0.25) is 5.91 Å². The van der Waals surface area contributed by atoms with E-state index in [1.54, 1.807) is 7.11 Å². The van der Waals surface area contributed by atoms with Gasteiger partial charge in [-0.05, 0) is 37.0 Å². The van der Waals surface area contributed by atoms with E-state index < -0.39 is 0 Å². The summed E-state index contributed by atoms with van der Waals surface area (Å²) in [6.07, 6.45) is 1.67. The number of amides is 1. The second kappa shape index (κ2) is 5.21. The van der Waals surface area contributed by atoms with Gasteiger partial charge in [0.15, 0.2) is 0 Å². The van der Waals surface area contributed by atoms with Crippen molar-refractivity contribution in [3.8, 4) is 5.75 Å². The van der Waals surface area contributed by atoms with Gasteiger partial charge in [-0.1, -0.05) is 12.1 Å². The fourth-order valence-corrected chi connectivity index (χ4v) is 2.39. The summed E-state index contributed by atoms with van der Waals surface area (Å²) in [6.45, 7) is 3.73. The van der Waals surface area contributed by atoms with Crippen LogP contribution in [0.4, 0.5) is 0 Å². The summed E-state index contributed by atoms with van der Waals surface area (Å²) in [5.41, 5.74) is 1.22. The fraction of sp³-hybridized carbons (Fsp3) is 0.500. The van der Waals surface area contributed by atoms with Crippen LogP contribution in [0.25, 0.3) is 0 Å². The molecular formula is C14H19NO2. The molecule has 3 nitrogen and oxygen atoms in total. The molecule has 1 fully saturated rings.